The molecule has 0 aromatic heterocycles. The van der Waals surface area contributed by atoms with Crippen LogP contribution in [-0.4, -0.2) is 12.1 Å². The largest absolute Gasteiger partial charge is 0.491 e. The lowest BCUT2D eigenvalue weighted by Gasteiger charge is -2.15. The molecule has 1 aromatic rings. The van der Waals surface area contributed by atoms with Crippen LogP contribution in [0.4, 0.5) is 0 Å². The molecule has 2 rings (SSSR count). The third-order valence-electron chi connectivity index (χ3n) is 3.29. The number of hydrogen-bond acceptors (Lipinski definition) is 2. The van der Waals surface area contributed by atoms with E-state index in [1.165, 1.54) is 11.1 Å². The van der Waals surface area contributed by atoms with Gasteiger partial charge >= 0.3 is 0 Å². The Bertz CT molecular complexity index is 380. The minimum absolute atomic E-state index is 0.0414. The second kappa shape index (κ2) is 4.10. The molecule has 1 fully saturated rings. The third-order valence-corrected chi connectivity index (χ3v) is 3.29. The van der Waals surface area contributed by atoms with Gasteiger partial charge in [-0.05, 0) is 42.9 Å². The minimum atomic E-state index is -0.0414. The SMILES string of the molecule is Cc1ccc(C(C)C)cc1OCC1(N)CC1. The van der Waals surface area contributed by atoms with Crippen molar-refractivity contribution in [3.63, 3.8) is 0 Å². The summed E-state index contributed by atoms with van der Waals surface area (Å²) in [4.78, 5) is 0. The highest BCUT2D eigenvalue weighted by molar-refractivity contribution is 5.38. The van der Waals surface area contributed by atoms with Gasteiger partial charge in [-0.15, -0.1) is 0 Å². The van der Waals surface area contributed by atoms with Crippen molar-refractivity contribution in [1.82, 2.24) is 0 Å². The monoisotopic (exact) mass is 219 g/mol. The fourth-order valence-electron chi connectivity index (χ4n) is 1.66. The lowest BCUT2D eigenvalue weighted by molar-refractivity contribution is 0.277. The van der Waals surface area contributed by atoms with Crippen LogP contribution in [0.1, 0.15) is 43.7 Å². The molecule has 2 heteroatoms. The van der Waals surface area contributed by atoms with Crippen LogP contribution >= 0.6 is 0 Å². The normalized spacial score (nSPS) is 17.6. The van der Waals surface area contributed by atoms with Crippen molar-refractivity contribution in [2.75, 3.05) is 6.61 Å². The molecule has 1 aromatic carbocycles. The van der Waals surface area contributed by atoms with E-state index in [-0.39, 0.29) is 5.54 Å². The molecule has 0 radical (unpaired) electrons. The molecule has 1 aliphatic carbocycles. The average Bonchev–Trinajstić information content (AvgIpc) is 2.95. The van der Waals surface area contributed by atoms with E-state index < -0.39 is 0 Å². The number of nitrogens with two attached hydrogens (primary N) is 1. The summed E-state index contributed by atoms with van der Waals surface area (Å²) in [5.41, 5.74) is 8.49. The van der Waals surface area contributed by atoms with Gasteiger partial charge in [0.05, 0.1) is 5.54 Å². The first-order valence-electron chi connectivity index (χ1n) is 6.02. The van der Waals surface area contributed by atoms with E-state index in [2.05, 4.69) is 39.0 Å². The first kappa shape index (κ1) is 11.5. The summed E-state index contributed by atoms with van der Waals surface area (Å²) in [7, 11) is 0. The van der Waals surface area contributed by atoms with Gasteiger partial charge < -0.3 is 10.5 Å². The maximum atomic E-state index is 6.02. The fourth-order valence-corrected chi connectivity index (χ4v) is 1.66. The van der Waals surface area contributed by atoms with Crippen LogP contribution in [0.3, 0.4) is 0 Å². The van der Waals surface area contributed by atoms with Gasteiger partial charge in [0, 0.05) is 0 Å². The number of rotatable bonds is 4. The molecule has 0 amide bonds. The highest BCUT2D eigenvalue weighted by Crippen LogP contribution is 2.33. The second-order valence-corrected chi connectivity index (χ2v) is 5.33. The van der Waals surface area contributed by atoms with E-state index in [0.717, 1.165) is 18.6 Å². The number of ether oxygens (including phenoxy) is 1. The predicted octanol–water partition coefficient (Wildman–Crippen LogP) is 2.99. The van der Waals surface area contributed by atoms with E-state index in [1.807, 2.05) is 0 Å². The number of benzene rings is 1. The van der Waals surface area contributed by atoms with Gasteiger partial charge in [-0.1, -0.05) is 26.0 Å². The second-order valence-electron chi connectivity index (χ2n) is 5.33. The molecule has 0 spiro atoms. The Balaban J connectivity index is 2.09. The smallest absolute Gasteiger partial charge is 0.122 e. The summed E-state index contributed by atoms with van der Waals surface area (Å²) >= 11 is 0. The maximum absolute atomic E-state index is 6.02. The van der Waals surface area contributed by atoms with Gasteiger partial charge in [0.1, 0.15) is 12.4 Å². The van der Waals surface area contributed by atoms with E-state index in [1.54, 1.807) is 0 Å². The Morgan fingerprint density at radius 2 is 2.06 bits per heavy atom. The lowest BCUT2D eigenvalue weighted by atomic mass is 10.0. The molecule has 0 unspecified atom stereocenters. The molecule has 88 valence electrons. The zero-order valence-electron chi connectivity index (χ0n) is 10.4. The quantitative estimate of drug-likeness (QED) is 0.845. The summed E-state index contributed by atoms with van der Waals surface area (Å²) in [6, 6.07) is 6.44. The summed E-state index contributed by atoms with van der Waals surface area (Å²) in [5, 5.41) is 0. The highest BCUT2D eigenvalue weighted by Gasteiger charge is 2.39. The highest BCUT2D eigenvalue weighted by atomic mass is 16.5. The third kappa shape index (κ3) is 2.56. The van der Waals surface area contributed by atoms with Crippen molar-refractivity contribution >= 4 is 0 Å². The molecule has 1 aliphatic rings. The molecular formula is C14H21NO. The van der Waals surface area contributed by atoms with Gasteiger partial charge in [-0.3, -0.25) is 0 Å². The summed E-state index contributed by atoms with van der Waals surface area (Å²) < 4.78 is 5.83. The Morgan fingerprint density at radius 1 is 1.38 bits per heavy atom. The van der Waals surface area contributed by atoms with Crippen molar-refractivity contribution in [3.05, 3.63) is 29.3 Å². The molecule has 0 aliphatic heterocycles. The van der Waals surface area contributed by atoms with Crippen molar-refractivity contribution in [2.45, 2.75) is 45.1 Å². The van der Waals surface area contributed by atoms with E-state index >= 15 is 0 Å². The number of hydrogen-bond donors (Lipinski definition) is 1. The summed E-state index contributed by atoms with van der Waals surface area (Å²) in [5.74, 6) is 1.53. The Labute approximate surface area is 97.8 Å². The average molecular weight is 219 g/mol. The van der Waals surface area contributed by atoms with Gasteiger partial charge in [0.2, 0.25) is 0 Å². The zero-order valence-corrected chi connectivity index (χ0v) is 10.4. The van der Waals surface area contributed by atoms with Crippen molar-refractivity contribution in [2.24, 2.45) is 5.73 Å². The standard InChI is InChI=1S/C14H21NO/c1-10(2)12-5-4-11(3)13(8-12)16-9-14(15)6-7-14/h4-5,8,10H,6-7,9,15H2,1-3H3. The molecule has 0 bridgehead atoms. The van der Waals surface area contributed by atoms with Gasteiger partial charge in [-0.2, -0.15) is 0 Å². The molecule has 16 heavy (non-hydrogen) atoms. The van der Waals surface area contributed by atoms with Crippen LogP contribution in [0.5, 0.6) is 5.75 Å². The zero-order chi connectivity index (χ0) is 11.8. The molecule has 0 saturated heterocycles. The van der Waals surface area contributed by atoms with Crippen LogP contribution in [0.15, 0.2) is 18.2 Å². The van der Waals surface area contributed by atoms with Crippen molar-refractivity contribution in [3.8, 4) is 5.75 Å². The maximum Gasteiger partial charge on any atom is 0.122 e. The van der Waals surface area contributed by atoms with Gasteiger partial charge in [0.25, 0.3) is 0 Å². The Morgan fingerprint density at radius 3 is 2.62 bits per heavy atom. The van der Waals surface area contributed by atoms with Crippen LogP contribution in [0.25, 0.3) is 0 Å². The predicted molar refractivity (Wildman–Crippen MR) is 66.9 cm³/mol. The first-order valence-corrected chi connectivity index (χ1v) is 6.02. The Hall–Kier alpha value is -1.02. The van der Waals surface area contributed by atoms with Crippen molar-refractivity contribution in [1.29, 1.82) is 0 Å². The van der Waals surface area contributed by atoms with Crippen LogP contribution in [0.2, 0.25) is 0 Å². The van der Waals surface area contributed by atoms with Gasteiger partial charge in [0.15, 0.2) is 0 Å². The minimum Gasteiger partial charge on any atom is -0.491 e. The molecule has 2 N–H and O–H groups in total. The first-order chi connectivity index (χ1) is 7.50. The molecule has 2 nitrogen and oxygen atoms in total. The molecular weight excluding hydrogens is 198 g/mol. The topological polar surface area (TPSA) is 35.2 Å². The summed E-state index contributed by atoms with van der Waals surface area (Å²) in [6.07, 6.45) is 2.19. The van der Waals surface area contributed by atoms with Crippen LogP contribution < -0.4 is 10.5 Å². The lowest BCUT2D eigenvalue weighted by Crippen LogP contribution is -2.29. The van der Waals surface area contributed by atoms with Gasteiger partial charge in [-0.25, -0.2) is 0 Å². The van der Waals surface area contributed by atoms with Crippen LogP contribution in [-0.2, 0) is 0 Å². The van der Waals surface area contributed by atoms with E-state index in [0.29, 0.717) is 12.5 Å². The number of aryl methyl sites for hydroxylation is 1. The van der Waals surface area contributed by atoms with Crippen LogP contribution in [0, 0.1) is 6.92 Å². The molecule has 0 heterocycles. The summed E-state index contributed by atoms with van der Waals surface area (Å²) in [6.45, 7) is 7.12. The van der Waals surface area contributed by atoms with E-state index in [4.69, 9.17) is 10.5 Å². The Kier molecular flexibility index (Phi) is 2.94. The fraction of sp³-hybridized carbons (Fsp3) is 0.571. The van der Waals surface area contributed by atoms with E-state index in [9.17, 15) is 0 Å². The molecule has 1 saturated carbocycles. The van der Waals surface area contributed by atoms with Crippen molar-refractivity contribution < 1.29 is 4.74 Å². The molecule has 0 atom stereocenters.